The number of nitrogens with one attached hydrogen (secondary N) is 2. The summed E-state index contributed by atoms with van der Waals surface area (Å²) in [5, 5.41) is 14.7. The number of hydrogen-bond donors (Lipinski definition) is 3. The smallest absolute Gasteiger partial charge is 0.251 e. The Morgan fingerprint density at radius 3 is 2.40 bits per heavy atom. The molecular weight excluding hydrogens is 316 g/mol. The first kappa shape index (κ1) is 18.7. The van der Waals surface area contributed by atoms with Crippen molar-refractivity contribution in [2.24, 2.45) is 0 Å². The Bertz CT molecular complexity index is 729. The molecule has 0 spiro atoms. The number of benzene rings is 2. The van der Waals surface area contributed by atoms with Crippen LogP contribution >= 0.6 is 0 Å². The van der Waals surface area contributed by atoms with Gasteiger partial charge in [0.2, 0.25) is 5.91 Å². The number of aliphatic hydroxyl groups excluding tert-OH is 1. The van der Waals surface area contributed by atoms with Crippen LogP contribution in [0.25, 0.3) is 0 Å². The van der Waals surface area contributed by atoms with Gasteiger partial charge in [0.05, 0.1) is 12.6 Å². The highest BCUT2D eigenvalue weighted by Crippen LogP contribution is 2.15. The number of aliphatic hydroxyl groups is 1. The van der Waals surface area contributed by atoms with Crippen molar-refractivity contribution in [3.8, 4) is 0 Å². The fourth-order valence-electron chi connectivity index (χ4n) is 2.53. The van der Waals surface area contributed by atoms with Crippen molar-refractivity contribution in [1.82, 2.24) is 10.6 Å². The molecule has 5 nitrogen and oxygen atoms in total. The minimum Gasteiger partial charge on any atom is -0.396 e. The maximum absolute atomic E-state index is 12.2. The van der Waals surface area contributed by atoms with Gasteiger partial charge in [0.25, 0.3) is 5.91 Å². The van der Waals surface area contributed by atoms with Crippen molar-refractivity contribution >= 4 is 11.8 Å². The van der Waals surface area contributed by atoms with Gasteiger partial charge < -0.3 is 15.7 Å². The maximum Gasteiger partial charge on any atom is 0.251 e. The van der Waals surface area contributed by atoms with Crippen LogP contribution in [0.1, 0.15) is 39.5 Å². The van der Waals surface area contributed by atoms with E-state index in [-0.39, 0.29) is 31.0 Å². The summed E-state index contributed by atoms with van der Waals surface area (Å²) in [5.74, 6) is -0.573. The first-order chi connectivity index (χ1) is 12.0. The van der Waals surface area contributed by atoms with Crippen LogP contribution in [0.2, 0.25) is 0 Å². The summed E-state index contributed by atoms with van der Waals surface area (Å²) >= 11 is 0. The molecule has 2 aromatic carbocycles. The van der Waals surface area contributed by atoms with Gasteiger partial charge in [-0.25, -0.2) is 0 Å². The molecule has 25 heavy (non-hydrogen) atoms. The topological polar surface area (TPSA) is 78.4 Å². The van der Waals surface area contributed by atoms with E-state index in [0.29, 0.717) is 12.0 Å². The van der Waals surface area contributed by atoms with Crippen LogP contribution in [-0.4, -0.2) is 30.1 Å². The zero-order valence-corrected chi connectivity index (χ0v) is 14.6. The zero-order valence-electron chi connectivity index (χ0n) is 14.6. The fourth-order valence-corrected chi connectivity index (χ4v) is 2.53. The third-order valence-electron chi connectivity index (χ3n) is 4.13. The third kappa shape index (κ3) is 5.43. The Morgan fingerprint density at radius 2 is 1.76 bits per heavy atom. The van der Waals surface area contributed by atoms with Crippen molar-refractivity contribution in [3.63, 3.8) is 0 Å². The van der Waals surface area contributed by atoms with Crippen molar-refractivity contribution in [3.05, 3.63) is 70.8 Å². The normalized spacial score (nSPS) is 11.6. The van der Waals surface area contributed by atoms with Gasteiger partial charge in [-0.1, -0.05) is 36.4 Å². The van der Waals surface area contributed by atoms with Crippen LogP contribution < -0.4 is 10.6 Å². The lowest BCUT2D eigenvalue weighted by molar-refractivity contribution is -0.121. The lowest BCUT2D eigenvalue weighted by Crippen LogP contribution is -2.39. The average molecular weight is 340 g/mol. The predicted octanol–water partition coefficient (Wildman–Crippen LogP) is 2.27. The first-order valence-electron chi connectivity index (χ1n) is 8.32. The van der Waals surface area contributed by atoms with E-state index in [1.807, 2.05) is 50.2 Å². The Kier molecular flexibility index (Phi) is 6.71. The summed E-state index contributed by atoms with van der Waals surface area (Å²) in [5.41, 5.74) is 3.60. The lowest BCUT2D eigenvalue weighted by atomic mass is 10.0. The molecule has 0 saturated carbocycles. The molecule has 2 rings (SSSR count). The van der Waals surface area contributed by atoms with Crippen molar-refractivity contribution in [2.75, 3.05) is 13.2 Å². The number of aryl methyl sites for hydroxylation is 2. The van der Waals surface area contributed by atoms with E-state index in [1.165, 1.54) is 0 Å². The van der Waals surface area contributed by atoms with Gasteiger partial charge in [0.1, 0.15) is 0 Å². The average Bonchev–Trinajstić information content (AvgIpc) is 2.62. The van der Waals surface area contributed by atoms with E-state index < -0.39 is 0 Å². The van der Waals surface area contributed by atoms with E-state index in [2.05, 4.69) is 10.6 Å². The van der Waals surface area contributed by atoms with Crippen molar-refractivity contribution < 1.29 is 14.7 Å². The molecule has 2 aromatic rings. The molecule has 0 bridgehead atoms. The van der Waals surface area contributed by atoms with Crippen molar-refractivity contribution in [2.45, 2.75) is 26.3 Å². The lowest BCUT2D eigenvalue weighted by Gasteiger charge is -2.18. The molecule has 3 N–H and O–H groups in total. The fraction of sp³-hybridized carbons (Fsp3) is 0.300. The number of amides is 2. The summed E-state index contributed by atoms with van der Waals surface area (Å²) in [7, 11) is 0. The summed E-state index contributed by atoms with van der Waals surface area (Å²) in [6, 6.07) is 14.6. The first-order valence-corrected chi connectivity index (χ1v) is 8.32. The van der Waals surface area contributed by atoms with Gasteiger partial charge in [-0.05, 0) is 49.1 Å². The van der Waals surface area contributed by atoms with E-state index in [9.17, 15) is 14.7 Å². The standard InChI is InChI=1S/C20H24N2O3/c1-14-8-9-17(12-15(14)2)20(25)21-13-19(24)22-18(10-11-23)16-6-4-3-5-7-16/h3-9,12,18,23H,10-11,13H2,1-2H3,(H,21,25)(H,22,24). The highest BCUT2D eigenvalue weighted by molar-refractivity contribution is 5.96. The number of rotatable bonds is 7. The molecule has 0 aliphatic heterocycles. The second kappa shape index (κ2) is 8.99. The molecule has 132 valence electrons. The van der Waals surface area contributed by atoms with E-state index >= 15 is 0 Å². The van der Waals surface area contributed by atoms with Crippen LogP contribution in [0.5, 0.6) is 0 Å². The van der Waals surface area contributed by atoms with Gasteiger partial charge in [0.15, 0.2) is 0 Å². The van der Waals surface area contributed by atoms with Crippen molar-refractivity contribution in [1.29, 1.82) is 0 Å². The van der Waals surface area contributed by atoms with Crippen LogP contribution in [0.15, 0.2) is 48.5 Å². The molecule has 0 aliphatic carbocycles. The molecule has 0 saturated heterocycles. The molecule has 1 unspecified atom stereocenters. The largest absolute Gasteiger partial charge is 0.396 e. The van der Waals surface area contributed by atoms with Crippen LogP contribution in [0.4, 0.5) is 0 Å². The molecule has 0 aromatic heterocycles. The van der Waals surface area contributed by atoms with Crippen LogP contribution in [-0.2, 0) is 4.79 Å². The molecule has 0 radical (unpaired) electrons. The van der Waals surface area contributed by atoms with Gasteiger partial charge >= 0.3 is 0 Å². The SMILES string of the molecule is Cc1ccc(C(=O)NCC(=O)NC(CCO)c2ccccc2)cc1C. The minimum absolute atomic E-state index is 0.0329. The summed E-state index contributed by atoms with van der Waals surface area (Å²) < 4.78 is 0. The molecule has 0 heterocycles. The quantitative estimate of drug-likeness (QED) is 0.723. The highest BCUT2D eigenvalue weighted by atomic mass is 16.3. The molecular formula is C20H24N2O3. The van der Waals surface area contributed by atoms with Crippen LogP contribution in [0.3, 0.4) is 0 Å². The third-order valence-corrected chi connectivity index (χ3v) is 4.13. The number of carbonyl (C=O) groups is 2. The number of carbonyl (C=O) groups excluding carboxylic acids is 2. The van der Waals surface area contributed by atoms with E-state index in [4.69, 9.17) is 0 Å². The Labute approximate surface area is 148 Å². The Balaban J connectivity index is 1.92. The monoisotopic (exact) mass is 340 g/mol. The maximum atomic E-state index is 12.2. The van der Waals surface area contributed by atoms with Gasteiger partial charge in [-0.15, -0.1) is 0 Å². The van der Waals surface area contributed by atoms with Crippen LogP contribution in [0, 0.1) is 13.8 Å². The second-order valence-electron chi connectivity index (χ2n) is 6.02. The summed E-state index contributed by atoms with van der Waals surface area (Å²) in [6.07, 6.45) is 0.418. The predicted molar refractivity (Wildman–Crippen MR) is 97.3 cm³/mol. The van der Waals surface area contributed by atoms with Gasteiger partial charge in [0, 0.05) is 12.2 Å². The zero-order chi connectivity index (χ0) is 18.2. The molecule has 2 amide bonds. The van der Waals surface area contributed by atoms with E-state index in [1.54, 1.807) is 12.1 Å². The summed E-state index contributed by atoms with van der Waals surface area (Å²) in [4.78, 5) is 24.3. The van der Waals surface area contributed by atoms with Gasteiger partial charge in [-0.2, -0.15) is 0 Å². The molecule has 5 heteroatoms. The minimum atomic E-state index is -0.292. The van der Waals surface area contributed by atoms with E-state index in [0.717, 1.165) is 16.7 Å². The molecule has 1 atom stereocenters. The summed E-state index contributed by atoms with van der Waals surface area (Å²) in [6.45, 7) is 3.78. The highest BCUT2D eigenvalue weighted by Gasteiger charge is 2.15. The molecule has 0 aliphatic rings. The molecule has 0 fully saturated rings. The Hall–Kier alpha value is -2.66. The Morgan fingerprint density at radius 1 is 1.04 bits per heavy atom. The number of hydrogen-bond acceptors (Lipinski definition) is 3. The second-order valence-corrected chi connectivity index (χ2v) is 6.02. The van der Waals surface area contributed by atoms with Gasteiger partial charge in [-0.3, -0.25) is 9.59 Å².